The molecule has 0 bridgehead atoms. The van der Waals surface area contributed by atoms with Crippen LogP contribution >= 0.6 is 12.2 Å². The summed E-state index contributed by atoms with van der Waals surface area (Å²) in [6.07, 6.45) is 3.47. The van der Waals surface area contributed by atoms with E-state index < -0.39 is 0 Å². The van der Waals surface area contributed by atoms with Crippen LogP contribution in [0.25, 0.3) is 0 Å². The van der Waals surface area contributed by atoms with E-state index in [1.165, 1.54) is 19.8 Å². The number of hydrazone groups is 1. The van der Waals surface area contributed by atoms with Crippen molar-refractivity contribution in [3.8, 4) is 0 Å². The summed E-state index contributed by atoms with van der Waals surface area (Å²) in [5, 5.41) is 10.7. The van der Waals surface area contributed by atoms with Crippen molar-refractivity contribution in [1.82, 2.24) is 10.7 Å². The molecule has 0 heterocycles. The highest BCUT2D eigenvalue weighted by atomic mass is 32.1. The van der Waals surface area contributed by atoms with E-state index in [0.29, 0.717) is 5.11 Å². The fraction of sp³-hybridized carbons (Fsp3) is 0.438. The third-order valence-electron chi connectivity index (χ3n) is 2.99. The minimum atomic E-state index is -0.0951. The van der Waals surface area contributed by atoms with Gasteiger partial charge in [-0.1, -0.05) is 31.9 Å². The lowest BCUT2D eigenvalue weighted by Gasteiger charge is -2.08. The van der Waals surface area contributed by atoms with Crippen molar-refractivity contribution in [1.29, 1.82) is 0 Å². The molecule has 1 amide bonds. The number of benzene rings is 1. The third kappa shape index (κ3) is 7.17. The standard InChI is InChI=1S/C16H24N4OS/c1-4-5-6-10-17-16(22)20-19-12(2)14-8-7-9-15(11-14)18-13(3)21/h7-9,11H,4-6,10H2,1-3H3,(H,18,21)(H2,17,20,22)/b19-12-. The van der Waals surface area contributed by atoms with Crippen molar-refractivity contribution in [2.24, 2.45) is 5.10 Å². The van der Waals surface area contributed by atoms with Gasteiger partial charge in [-0.05, 0) is 43.3 Å². The SMILES string of the molecule is CCCCCNC(=S)N/N=C(/C)c1cccc(NC(C)=O)c1. The van der Waals surface area contributed by atoms with Crippen molar-refractivity contribution in [3.05, 3.63) is 29.8 Å². The van der Waals surface area contributed by atoms with Crippen molar-refractivity contribution in [3.63, 3.8) is 0 Å². The number of amides is 1. The Kier molecular flexibility index (Phi) is 8.14. The maximum atomic E-state index is 11.1. The smallest absolute Gasteiger partial charge is 0.221 e. The van der Waals surface area contributed by atoms with Gasteiger partial charge in [-0.15, -0.1) is 0 Å². The van der Waals surface area contributed by atoms with Crippen molar-refractivity contribution >= 4 is 34.6 Å². The lowest BCUT2D eigenvalue weighted by Crippen LogP contribution is -2.33. The van der Waals surface area contributed by atoms with Gasteiger partial charge in [-0.3, -0.25) is 10.2 Å². The van der Waals surface area contributed by atoms with E-state index in [1.54, 1.807) is 0 Å². The predicted octanol–water partition coefficient (Wildman–Crippen LogP) is 3.02. The molecule has 0 aromatic heterocycles. The zero-order chi connectivity index (χ0) is 16.4. The van der Waals surface area contributed by atoms with Gasteiger partial charge in [0.1, 0.15) is 0 Å². The highest BCUT2D eigenvalue weighted by molar-refractivity contribution is 7.80. The Bertz CT molecular complexity index is 543. The fourth-order valence-electron chi connectivity index (χ4n) is 1.84. The maximum absolute atomic E-state index is 11.1. The number of nitrogens with one attached hydrogen (secondary N) is 3. The quantitative estimate of drug-likeness (QED) is 0.313. The lowest BCUT2D eigenvalue weighted by atomic mass is 10.1. The van der Waals surface area contributed by atoms with Gasteiger partial charge in [0.05, 0.1) is 5.71 Å². The molecule has 120 valence electrons. The van der Waals surface area contributed by atoms with Gasteiger partial charge >= 0.3 is 0 Å². The molecule has 3 N–H and O–H groups in total. The van der Waals surface area contributed by atoms with Crippen molar-refractivity contribution in [2.75, 3.05) is 11.9 Å². The van der Waals surface area contributed by atoms with Crippen LogP contribution in [0.5, 0.6) is 0 Å². The van der Waals surface area contributed by atoms with Gasteiger partial charge in [-0.25, -0.2) is 0 Å². The zero-order valence-electron chi connectivity index (χ0n) is 13.4. The van der Waals surface area contributed by atoms with Crippen LogP contribution in [-0.4, -0.2) is 23.3 Å². The van der Waals surface area contributed by atoms with Crippen LogP contribution in [0.15, 0.2) is 29.4 Å². The zero-order valence-corrected chi connectivity index (χ0v) is 14.2. The second kappa shape index (κ2) is 9.89. The van der Waals surface area contributed by atoms with Crippen molar-refractivity contribution < 1.29 is 4.79 Å². The highest BCUT2D eigenvalue weighted by Gasteiger charge is 2.01. The maximum Gasteiger partial charge on any atom is 0.221 e. The molecule has 6 heteroatoms. The van der Waals surface area contributed by atoms with Gasteiger partial charge in [0.2, 0.25) is 5.91 Å². The number of anilines is 1. The molecule has 1 aromatic carbocycles. The van der Waals surface area contributed by atoms with Crippen LogP contribution in [0.1, 0.15) is 45.6 Å². The molecule has 0 atom stereocenters. The second-order valence-corrected chi connectivity index (χ2v) is 5.44. The van der Waals surface area contributed by atoms with Crippen LogP contribution in [0, 0.1) is 0 Å². The largest absolute Gasteiger partial charge is 0.361 e. The lowest BCUT2D eigenvalue weighted by molar-refractivity contribution is -0.114. The van der Waals surface area contributed by atoms with Gasteiger partial charge < -0.3 is 10.6 Å². The van der Waals surface area contributed by atoms with Crippen LogP contribution in [0.2, 0.25) is 0 Å². The summed E-state index contributed by atoms with van der Waals surface area (Å²) in [6.45, 7) is 6.39. The monoisotopic (exact) mass is 320 g/mol. The summed E-state index contributed by atoms with van der Waals surface area (Å²) >= 11 is 5.17. The first kappa shape index (κ1) is 18.1. The Labute approximate surface area is 137 Å². The molecule has 22 heavy (non-hydrogen) atoms. The molecular formula is C16H24N4OS. The predicted molar refractivity (Wildman–Crippen MR) is 96.2 cm³/mol. The first-order valence-electron chi connectivity index (χ1n) is 7.49. The summed E-state index contributed by atoms with van der Waals surface area (Å²) in [5.41, 5.74) is 5.31. The van der Waals surface area contributed by atoms with Crippen LogP contribution in [0.4, 0.5) is 5.69 Å². The number of carbonyl (C=O) groups excluding carboxylic acids is 1. The number of hydrogen-bond acceptors (Lipinski definition) is 3. The summed E-state index contributed by atoms with van der Waals surface area (Å²) in [6, 6.07) is 7.52. The highest BCUT2D eigenvalue weighted by Crippen LogP contribution is 2.11. The van der Waals surface area contributed by atoms with E-state index in [-0.39, 0.29) is 5.91 Å². The average molecular weight is 320 g/mol. The normalized spacial score (nSPS) is 11.0. The summed E-state index contributed by atoms with van der Waals surface area (Å²) in [4.78, 5) is 11.1. The van der Waals surface area contributed by atoms with E-state index in [2.05, 4.69) is 28.1 Å². The second-order valence-electron chi connectivity index (χ2n) is 5.03. The van der Waals surface area contributed by atoms with Crippen LogP contribution in [-0.2, 0) is 4.79 Å². The van der Waals surface area contributed by atoms with Gasteiger partial charge in [-0.2, -0.15) is 5.10 Å². The summed E-state index contributed by atoms with van der Waals surface area (Å²) in [7, 11) is 0. The molecular weight excluding hydrogens is 296 g/mol. The van der Waals surface area contributed by atoms with Gasteiger partial charge in [0.25, 0.3) is 0 Å². The number of nitrogens with zero attached hydrogens (tertiary/aromatic N) is 1. The molecule has 0 unspecified atom stereocenters. The number of rotatable bonds is 7. The third-order valence-corrected chi connectivity index (χ3v) is 3.23. The number of carbonyl (C=O) groups is 1. The van der Waals surface area contributed by atoms with E-state index in [0.717, 1.165) is 29.9 Å². The topological polar surface area (TPSA) is 65.5 Å². The fourth-order valence-corrected chi connectivity index (χ4v) is 1.99. The average Bonchev–Trinajstić information content (AvgIpc) is 2.49. The summed E-state index contributed by atoms with van der Waals surface area (Å²) in [5.74, 6) is -0.0951. The number of hydrogen-bond donors (Lipinski definition) is 3. The Morgan fingerprint density at radius 3 is 2.73 bits per heavy atom. The number of thiocarbonyl (C=S) groups is 1. The first-order chi connectivity index (χ1) is 10.5. The Hall–Kier alpha value is -1.95. The molecule has 1 rings (SSSR count). The Morgan fingerprint density at radius 2 is 2.05 bits per heavy atom. The summed E-state index contributed by atoms with van der Waals surface area (Å²) < 4.78 is 0. The molecule has 0 fully saturated rings. The minimum Gasteiger partial charge on any atom is -0.361 e. The Balaban J connectivity index is 2.53. The molecule has 0 aliphatic carbocycles. The molecule has 0 radical (unpaired) electrons. The molecule has 0 aliphatic rings. The van der Waals surface area contributed by atoms with Crippen LogP contribution in [0.3, 0.4) is 0 Å². The van der Waals surface area contributed by atoms with E-state index in [4.69, 9.17) is 12.2 Å². The first-order valence-corrected chi connectivity index (χ1v) is 7.90. The van der Waals surface area contributed by atoms with Gasteiger partial charge in [0.15, 0.2) is 5.11 Å². The molecule has 0 saturated heterocycles. The molecule has 1 aromatic rings. The number of unbranched alkanes of at least 4 members (excludes halogenated alkanes) is 2. The van der Waals surface area contributed by atoms with E-state index in [1.807, 2.05) is 31.2 Å². The Morgan fingerprint density at radius 1 is 1.27 bits per heavy atom. The van der Waals surface area contributed by atoms with Crippen molar-refractivity contribution in [2.45, 2.75) is 40.0 Å². The van der Waals surface area contributed by atoms with Gasteiger partial charge in [0, 0.05) is 19.2 Å². The minimum absolute atomic E-state index is 0.0951. The molecule has 5 nitrogen and oxygen atoms in total. The molecule has 0 spiro atoms. The molecule has 0 aliphatic heterocycles. The van der Waals surface area contributed by atoms with E-state index in [9.17, 15) is 4.79 Å². The van der Waals surface area contributed by atoms with Crippen LogP contribution < -0.4 is 16.1 Å². The van der Waals surface area contributed by atoms with E-state index >= 15 is 0 Å². The molecule has 0 saturated carbocycles.